The van der Waals surface area contributed by atoms with Crippen molar-refractivity contribution in [3.8, 4) is 11.5 Å². The Hall–Kier alpha value is -1.84. The summed E-state index contributed by atoms with van der Waals surface area (Å²) in [7, 11) is -3.58. The van der Waals surface area contributed by atoms with Crippen LogP contribution in [0.15, 0.2) is 34.7 Å². The third kappa shape index (κ3) is 3.58. The molecule has 7 nitrogen and oxygen atoms in total. The maximum absolute atomic E-state index is 12.7. The molecular weight excluding hydrogens is 362 g/mol. The fraction of sp³-hybridized carbons (Fsp3) is 0.438. The van der Waals surface area contributed by atoms with E-state index in [1.807, 2.05) is 5.38 Å². The zero-order chi connectivity index (χ0) is 17.3. The van der Waals surface area contributed by atoms with Crippen molar-refractivity contribution in [3.05, 3.63) is 29.8 Å². The van der Waals surface area contributed by atoms with Crippen molar-refractivity contribution < 1.29 is 17.9 Å². The van der Waals surface area contributed by atoms with Gasteiger partial charge in [-0.2, -0.15) is 0 Å². The lowest BCUT2D eigenvalue weighted by Gasteiger charge is -2.32. The molecule has 9 heteroatoms. The number of hydrogen-bond donors (Lipinski definition) is 1. The molecule has 4 rings (SSSR count). The van der Waals surface area contributed by atoms with Gasteiger partial charge < -0.3 is 14.4 Å². The lowest BCUT2D eigenvalue weighted by molar-refractivity contribution is 0.171. The van der Waals surface area contributed by atoms with Crippen LogP contribution in [0.25, 0.3) is 0 Å². The number of rotatable bonds is 4. The summed E-state index contributed by atoms with van der Waals surface area (Å²) in [6, 6.07) is 4.66. The molecule has 3 heterocycles. The zero-order valence-electron chi connectivity index (χ0n) is 13.6. The minimum atomic E-state index is -3.58. The van der Waals surface area contributed by atoms with Crippen LogP contribution < -0.4 is 19.1 Å². The second-order valence-corrected chi connectivity index (χ2v) is 8.59. The van der Waals surface area contributed by atoms with E-state index in [1.54, 1.807) is 29.7 Å². The van der Waals surface area contributed by atoms with Crippen LogP contribution in [0.3, 0.4) is 0 Å². The monoisotopic (exact) mass is 381 g/mol. The summed E-state index contributed by atoms with van der Waals surface area (Å²) in [6.07, 6.45) is 3.30. The maximum Gasteiger partial charge on any atom is 0.240 e. The molecule has 0 amide bonds. The molecule has 2 aliphatic rings. The number of aromatic nitrogens is 1. The molecule has 2 aromatic rings. The van der Waals surface area contributed by atoms with E-state index < -0.39 is 10.0 Å². The van der Waals surface area contributed by atoms with Crippen LogP contribution in [0.5, 0.6) is 11.5 Å². The molecule has 2 aliphatic heterocycles. The van der Waals surface area contributed by atoms with Crippen LogP contribution in [0, 0.1) is 0 Å². The Kier molecular flexibility index (Phi) is 4.53. The van der Waals surface area contributed by atoms with Crippen LogP contribution in [0.4, 0.5) is 5.13 Å². The van der Waals surface area contributed by atoms with E-state index in [-0.39, 0.29) is 10.9 Å². The van der Waals surface area contributed by atoms with Gasteiger partial charge in [-0.15, -0.1) is 11.3 Å². The smallest absolute Gasteiger partial charge is 0.240 e. The Morgan fingerprint density at radius 3 is 2.64 bits per heavy atom. The van der Waals surface area contributed by atoms with Crippen LogP contribution >= 0.6 is 11.3 Å². The second-order valence-electron chi connectivity index (χ2n) is 6.00. The van der Waals surface area contributed by atoms with Crippen LogP contribution in [0.2, 0.25) is 0 Å². The van der Waals surface area contributed by atoms with Gasteiger partial charge in [0.05, 0.1) is 4.90 Å². The van der Waals surface area contributed by atoms with Crippen molar-refractivity contribution in [2.75, 3.05) is 31.2 Å². The van der Waals surface area contributed by atoms with Crippen molar-refractivity contribution in [2.24, 2.45) is 0 Å². The highest BCUT2D eigenvalue weighted by Crippen LogP contribution is 2.32. The maximum atomic E-state index is 12.7. The summed E-state index contributed by atoms with van der Waals surface area (Å²) in [4.78, 5) is 6.71. The molecule has 25 heavy (non-hydrogen) atoms. The number of nitrogens with zero attached hydrogens (tertiary/aromatic N) is 2. The van der Waals surface area contributed by atoms with Gasteiger partial charge in [-0.25, -0.2) is 18.1 Å². The van der Waals surface area contributed by atoms with Gasteiger partial charge in [0.15, 0.2) is 16.6 Å². The summed E-state index contributed by atoms with van der Waals surface area (Å²) < 4.78 is 39.1. The molecule has 1 fully saturated rings. The van der Waals surface area contributed by atoms with E-state index in [1.165, 1.54) is 6.07 Å². The Bertz CT molecular complexity index is 831. The van der Waals surface area contributed by atoms with Gasteiger partial charge in [0.1, 0.15) is 13.2 Å². The van der Waals surface area contributed by atoms with E-state index in [4.69, 9.17) is 9.47 Å². The normalized spacial score (nSPS) is 18.3. The van der Waals surface area contributed by atoms with E-state index >= 15 is 0 Å². The van der Waals surface area contributed by atoms with Crippen LogP contribution in [-0.2, 0) is 10.0 Å². The molecule has 0 spiro atoms. The number of benzene rings is 1. The molecule has 0 atom stereocenters. The SMILES string of the molecule is O=S(=O)(NC1CCN(c2nccs2)CC1)c1ccc2c(c1)OCCO2. The molecule has 0 unspecified atom stereocenters. The second kappa shape index (κ2) is 6.81. The van der Waals surface area contributed by atoms with Gasteiger partial charge in [0.25, 0.3) is 0 Å². The third-order valence-corrected chi connectivity index (χ3v) is 6.68. The fourth-order valence-electron chi connectivity index (χ4n) is 3.04. The molecule has 1 N–H and O–H groups in total. The first-order valence-corrected chi connectivity index (χ1v) is 10.5. The first-order chi connectivity index (χ1) is 12.1. The van der Waals surface area contributed by atoms with Crippen LogP contribution in [0.1, 0.15) is 12.8 Å². The molecule has 0 radical (unpaired) electrons. The number of fused-ring (bicyclic) bond motifs is 1. The molecule has 0 aliphatic carbocycles. The van der Waals surface area contributed by atoms with Crippen molar-refractivity contribution in [1.82, 2.24) is 9.71 Å². The van der Waals surface area contributed by atoms with Crippen molar-refractivity contribution >= 4 is 26.5 Å². The first kappa shape index (κ1) is 16.6. The van der Waals surface area contributed by atoms with Gasteiger partial charge >= 0.3 is 0 Å². The molecule has 1 aromatic heterocycles. The number of ether oxygens (including phenoxy) is 2. The van der Waals surface area contributed by atoms with Gasteiger partial charge in [0.2, 0.25) is 10.0 Å². The van der Waals surface area contributed by atoms with Gasteiger partial charge in [0, 0.05) is 36.8 Å². The Morgan fingerprint density at radius 1 is 1.16 bits per heavy atom. The Morgan fingerprint density at radius 2 is 1.92 bits per heavy atom. The highest BCUT2D eigenvalue weighted by atomic mass is 32.2. The van der Waals surface area contributed by atoms with Crippen LogP contribution in [-0.4, -0.2) is 45.7 Å². The highest BCUT2D eigenvalue weighted by molar-refractivity contribution is 7.89. The number of nitrogens with one attached hydrogen (secondary N) is 1. The lowest BCUT2D eigenvalue weighted by Crippen LogP contribution is -2.44. The number of hydrogen-bond acceptors (Lipinski definition) is 7. The summed E-state index contributed by atoms with van der Waals surface area (Å²) in [5.74, 6) is 1.06. The van der Waals surface area contributed by atoms with E-state index in [0.29, 0.717) is 24.7 Å². The number of sulfonamides is 1. The number of anilines is 1. The van der Waals surface area contributed by atoms with E-state index in [0.717, 1.165) is 31.1 Å². The lowest BCUT2D eigenvalue weighted by atomic mass is 10.1. The quantitative estimate of drug-likeness (QED) is 0.871. The molecular formula is C16H19N3O4S2. The summed E-state index contributed by atoms with van der Waals surface area (Å²) >= 11 is 1.60. The number of thiazole rings is 1. The molecule has 0 saturated carbocycles. The zero-order valence-corrected chi connectivity index (χ0v) is 15.2. The molecule has 1 saturated heterocycles. The van der Waals surface area contributed by atoms with Crippen molar-refractivity contribution in [1.29, 1.82) is 0 Å². The molecule has 1 aromatic carbocycles. The van der Waals surface area contributed by atoms with Gasteiger partial charge in [-0.1, -0.05) is 0 Å². The topological polar surface area (TPSA) is 80.8 Å². The largest absolute Gasteiger partial charge is 0.486 e. The van der Waals surface area contributed by atoms with E-state index in [9.17, 15) is 8.42 Å². The van der Waals surface area contributed by atoms with E-state index in [2.05, 4.69) is 14.6 Å². The average molecular weight is 381 g/mol. The fourth-order valence-corrected chi connectivity index (χ4v) is 5.06. The first-order valence-electron chi connectivity index (χ1n) is 8.18. The third-order valence-electron chi connectivity index (χ3n) is 4.33. The minimum absolute atomic E-state index is 0.0746. The van der Waals surface area contributed by atoms with Crippen molar-refractivity contribution in [2.45, 2.75) is 23.8 Å². The highest BCUT2D eigenvalue weighted by Gasteiger charge is 2.26. The van der Waals surface area contributed by atoms with Gasteiger partial charge in [-0.3, -0.25) is 0 Å². The standard InChI is InChI=1S/C16H19N3O4S2/c20-25(21,13-1-2-14-15(11-13)23-9-8-22-14)18-12-3-6-19(7-4-12)16-17-5-10-24-16/h1-2,5,10-12,18H,3-4,6-9H2. The average Bonchev–Trinajstić information content (AvgIpc) is 3.16. The predicted molar refractivity (Wildman–Crippen MR) is 95.1 cm³/mol. The van der Waals surface area contributed by atoms with Crippen molar-refractivity contribution in [3.63, 3.8) is 0 Å². The summed E-state index contributed by atoms with van der Waals surface area (Å²) in [5, 5.41) is 2.94. The summed E-state index contributed by atoms with van der Waals surface area (Å²) in [6.45, 7) is 2.50. The summed E-state index contributed by atoms with van der Waals surface area (Å²) in [5.41, 5.74) is 0. The molecule has 134 valence electrons. The van der Waals surface area contributed by atoms with Gasteiger partial charge in [-0.05, 0) is 25.0 Å². The minimum Gasteiger partial charge on any atom is -0.486 e. The predicted octanol–water partition coefficient (Wildman–Crippen LogP) is 1.86. The Labute approximate surface area is 150 Å². The Balaban J connectivity index is 1.42. The number of piperidine rings is 1. The molecule has 0 bridgehead atoms.